The van der Waals surface area contributed by atoms with E-state index >= 15 is 0 Å². The van der Waals surface area contributed by atoms with E-state index < -0.39 is 0 Å². The van der Waals surface area contributed by atoms with E-state index in [1.807, 2.05) is 24.3 Å². The van der Waals surface area contributed by atoms with Gasteiger partial charge in [-0.25, -0.2) is 0 Å². The van der Waals surface area contributed by atoms with Crippen LogP contribution in [0.3, 0.4) is 0 Å². The van der Waals surface area contributed by atoms with Crippen molar-refractivity contribution in [3.8, 4) is 0 Å². The van der Waals surface area contributed by atoms with Crippen molar-refractivity contribution in [3.05, 3.63) is 54.2 Å². The summed E-state index contributed by atoms with van der Waals surface area (Å²) in [6.07, 6.45) is 2.06. The van der Waals surface area contributed by atoms with Crippen LogP contribution in [0.4, 0.5) is 11.7 Å². The first-order chi connectivity index (χ1) is 12.9. The molecule has 1 saturated heterocycles. The van der Waals surface area contributed by atoms with Crippen LogP contribution in [-0.2, 0) is 11.3 Å². The number of hydrogen-bond donors (Lipinski definition) is 2. The highest BCUT2D eigenvalue weighted by molar-refractivity contribution is 5.83. The number of fused-ring (bicyclic) bond motifs is 2. The van der Waals surface area contributed by atoms with Crippen molar-refractivity contribution in [2.75, 3.05) is 36.5 Å². The van der Waals surface area contributed by atoms with Crippen LogP contribution in [0.5, 0.6) is 0 Å². The van der Waals surface area contributed by atoms with Gasteiger partial charge in [-0.2, -0.15) is 4.98 Å². The molecule has 4 aromatic rings. The van der Waals surface area contributed by atoms with Crippen LogP contribution in [-0.4, -0.2) is 36.3 Å². The summed E-state index contributed by atoms with van der Waals surface area (Å²) in [5.74, 6) is 0. The SMILES string of the molecule is c1ccc2c(CNc3ccc4oc(N5CCOCC5)nc4c3)c[nH]c2c1. The van der Waals surface area contributed by atoms with Crippen molar-refractivity contribution in [3.63, 3.8) is 0 Å². The molecule has 3 heterocycles. The number of aromatic amines is 1. The Morgan fingerprint density at radius 3 is 2.92 bits per heavy atom. The fourth-order valence-electron chi connectivity index (χ4n) is 3.39. The van der Waals surface area contributed by atoms with E-state index in [4.69, 9.17) is 9.15 Å². The summed E-state index contributed by atoms with van der Waals surface area (Å²) in [5.41, 5.74) is 5.12. The zero-order valence-corrected chi connectivity index (χ0v) is 14.4. The molecule has 0 unspecified atom stereocenters. The van der Waals surface area contributed by atoms with Gasteiger partial charge in [-0.05, 0) is 29.8 Å². The highest BCUT2D eigenvalue weighted by Crippen LogP contribution is 2.26. The van der Waals surface area contributed by atoms with Gasteiger partial charge in [0.05, 0.1) is 13.2 Å². The fourth-order valence-corrected chi connectivity index (χ4v) is 3.39. The second-order valence-corrected chi connectivity index (χ2v) is 6.49. The molecule has 1 fully saturated rings. The normalized spacial score (nSPS) is 15.0. The van der Waals surface area contributed by atoms with Crippen LogP contribution in [0.2, 0.25) is 0 Å². The maximum Gasteiger partial charge on any atom is 0.298 e. The van der Waals surface area contributed by atoms with E-state index in [9.17, 15) is 0 Å². The summed E-state index contributed by atoms with van der Waals surface area (Å²) in [4.78, 5) is 10.1. The van der Waals surface area contributed by atoms with Gasteiger partial charge in [0.2, 0.25) is 0 Å². The molecule has 0 spiro atoms. The zero-order valence-electron chi connectivity index (χ0n) is 14.4. The van der Waals surface area contributed by atoms with Gasteiger partial charge in [-0.3, -0.25) is 0 Å². The molecule has 2 N–H and O–H groups in total. The predicted octanol–water partition coefficient (Wildman–Crippen LogP) is 3.76. The summed E-state index contributed by atoms with van der Waals surface area (Å²) >= 11 is 0. The smallest absolute Gasteiger partial charge is 0.298 e. The van der Waals surface area contributed by atoms with Gasteiger partial charge in [-0.15, -0.1) is 0 Å². The van der Waals surface area contributed by atoms with Crippen LogP contribution in [0.25, 0.3) is 22.0 Å². The van der Waals surface area contributed by atoms with E-state index in [0.29, 0.717) is 6.01 Å². The topological polar surface area (TPSA) is 66.3 Å². The zero-order chi connectivity index (χ0) is 17.3. The third kappa shape index (κ3) is 2.78. The number of morpholine rings is 1. The second kappa shape index (κ2) is 6.38. The fraction of sp³-hybridized carbons (Fsp3) is 0.250. The first-order valence-electron chi connectivity index (χ1n) is 8.89. The Labute approximate surface area is 150 Å². The van der Waals surface area contributed by atoms with Crippen LogP contribution < -0.4 is 10.2 Å². The van der Waals surface area contributed by atoms with E-state index in [-0.39, 0.29) is 0 Å². The minimum Gasteiger partial charge on any atom is -0.423 e. The van der Waals surface area contributed by atoms with Crippen molar-refractivity contribution in [2.24, 2.45) is 0 Å². The molecule has 1 aliphatic rings. The Morgan fingerprint density at radius 2 is 2.00 bits per heavy atom. The largest absolute Gasteiger partial charge is 0.423 e. The highest BCUT2D eigenvalue weighted by Gasteiger charge is 2.17. The van der Waals surface area contributed by atoms with Crippen LogP contribution in [0, 0.1) is 0 Å². The Hall–Kier alpha value is -2.99. The van der Waals surface area contributed by atoms with Gasteiger partial charge in [0.25, 0.3) is 6.01 Å². The minimum absolute atomic E-state index is 0.678. The van der Waals surface area contributed by atoms with Crippen molar-refractivity contribution >= 4 is 33.7 Å². The molecule has 2 aromatic carbocycles. The first-order valence-corrected chi connectivity index (χ1v) is 8.89. The lowest BCUT2D eigenvalue weighted by atomic mass is 10.2. The average Bonchev–Trinajstić information content (AvgIpc) is 3.31. The van der Waals surface area contributed by atoms with E-state index in [2.05, 4.69) is 44.6 Å². The molecular weight excluding hydrogens is 328 g/mol. The first kappa shape index (κ1) is 15.3. The molecule has 26 heavy (non-hydrogen) atoms. The van der Waals surface area contributed by atoms with Gasteiger partial charge in [0, 0.05) is 42.4 Å². The van der Waals surface area contributed by atoms with Gasteiger partial charge < -0.3 is 24.4 Å². The summed E-state index contributed by atoms with van der Waals surface area (Å²) in [7, 11) is 0. The molecule has 0 atom stereocenters. The molecule has 5 rings (SSSR count). The number of para-hydroxylation sites is 1. The summed E-state index contributed by atoms with van der Waals surface area (Å²) in [5, 5.41) is 4.73. The van der Waals surface area contributed by atoms with Gasteiger partial charge in [-0.1, -0.05) is 18.2 Å². The van der Waals surface area contributed by atoms with Crippen molar-refractivity contribution in [2.45, 2.75) is 6.54 Å². The number of benzene rings is 2. The highest BCUT2D eigenvalue weighted by atomic mass is 16.5. The molecule has 132 valence electrons. The number of H-pyrrole nitrogens is 1. The summed E-state index contributed by atoms with van der Waals surface area (Å²) in [6.45, 7) is 3.83. The third-order valence-electron chi connectivity index (χ3n) is 4.82. The molecule has 0 amide bonds. The van der Waals surface area contributed by atoms with Crippen LogP contribution in [0.15, 0.2) is 53.1 Å². The Balaban J connectivity index is 1.35. The van der Waals surface area contributed by atoms with Gasteiger partial charge in [0.15, 0.2) is 5.58 Å². The van der Waals surface area contributed by atoms with Gasteiger partial charge >= 0.3 is 0 Å². The molecule has 1 aliphatic heterocycles. The number of rotatable bonds is 4. The number of anilines is 2. The quantitative estimate of drug-likeness (QED) is 0.588. The molecule has 0 radical (unpaired) electrons. The molecule has 6 nitrogen and oxygen atoms in total. The van der Waals surface area contributed by atoms with Gasteiger partial charge in [0.1, 0.15) is 5.52 Å². The monoisotopic (exact) mass is 348 g/mol. The minimum atomic E-state index is 0.678. The number of hydrogen-bond acceptors (Lipinski definition) is 5. The number of nitrogens with one attached hydrogen (secondary N) is 2. The predicted molar refractivity (Wildman–Crippen MR) is 103 cm³/mol. The van der Waals surface area contributed by atoms with E-state index in [0.717, 1.165) is 55.2 Å². The average molecular weight is 348 g/mol. The lowest BCUT2D eigenvalue weighted by molar-refractivity contribution is 0.120. The van der Waals surface area contributed by atoms with Crippen LogP contribution in [0.1, 0.15) is 5.56 Å². The Morgan fingerprint density at radius 1 is 1.12 bits per heavy atom. The standard InChI is InChI=1S/C20H20N4O2/c1-2-4-17-16(3-1)14(13-22-17)12-21-15-5-6-19-18(11-15)23-20(26-19)24-7-9-25-10-8-24/h1-6,11,13,21-22H,7-10,12H2. The Kier molecular flexibility index (Phi) is 3.75. The van der Waals surface area contributed by atoms with Crippen molar-refractivity contribution < 1.29 is 9.15 Å². The van der Waals surface area contributed by atoms with E-state index in [1.54, 1.807) is 0 Å². The second-order valence-electron chi connectivity index (χ2n) is 6.49. The number of aromatic nitrogens is 2. The number of nitrogens with zero attached hydrogens (tertiary/aromatic N) is 2. The lowest BCUT2D eigenvalue weighted by Crippen LogP contribution is -2.36. The maximum absolute atomic E-state index is 5.90. The van der Waals surface area contributed by atoms with Crippen LogP contribution >= 0.6 is 0 Å². The summed E-state index contributed by atoms with van der Waals surface area (Å²) < 4.78 is 11.3. The Bertz CT molecular complexity index is 1050. The summed E-state index contributed by atoms with van der Waals surface area (Å²) in [6, 6.07) is 15.1. The van der Waals surface area contributed by atoms with Crippen molar-refractivity contribution in [1.82, 2.24) is 9.97 Å². The lowest BCUT2D eigenvalue weighted by Gasteiger charge is -2.24. The third-order valence-corrected chi connectivity index (χ3v) is 4.82. The molecule has 0 saturated carbocycles. The van der Waals surface area contributed by atoms with E-state index in [1.165, 1.54) is 10.9 Å². The molecule has 6 heteroatoms. The molecule has 0 bridgehead atoms. The molecular formula is C20H20N4O2. The maximum atomic E-state index is 5.90. The molecule has 2 aromatic heterocycles. The molecule has 0 aliphatic carbocycles. The van der Waals surface area contributed by atoms with Crippen molar-refractivity contribution in [1.29, 1.82) is 0 Å². The number of oxazole rings is 1. The number of ether oxygens (including phenoxy) is 1.